The molecule has 1 aromatic carbocycles. The van der Waals surface area contributed by atoms with E-state index < -0.39 is 5.69 Å². The maximum Gasteiger partial charge on any atom is 0.349 e. The van der Waals surface area contributed by atoms with Crippen LogP contribution in [0.1, 0.15) is 5.69 Å². The molecule has 0 saturated carbocycles. The van der Waals surface area contributed by atoms with Gasteiger partial charge in [0.2, 0.25) is 5.95 Å². The fraction of sp³-hybridized carbons (Fsp3) is 0.0769. The van der Waals surface area contributed by atoms with Crippen molar-refractivity contribution in [2.24, 2.45) is 0 Å². The average molecular weight is 253 g/mol. The topological polar surface area (TPSA) is 97.5 Å². The van der Waals surface area contributed by atoms with E-state index in [0.717, 1.165) is 22.2 Å². The van der Waals surface area contributed by atoms with Gasteiger partial charge in [0, 0.05) is 16.6 Å². The first kappa shape index (κ1) is 11.3. The lowest BCUT2D eigenvalue weighted by Gasteiger charge is -2.07. The molecule has 0 bridgehead atoms. The van der Waals surface area contributed by atoms with Crippen LogP contribution in [0, 0.1) is 6.92 Å². The quantitative estimate of drug-likeness (QED) is 0.680. The van der Waals surface area contributed by atoms with Crippen molar-refractivity contribution in [3.63, 3.8) is 0 Å². The molecule has 0 aliphatic heterocycles. The monoisotopic (exact) mass is 253 g/mol. The summed E-state index contributed by atoms with van der Waals surface area (Å²) in [6.07, 6.45) is 0. The van der Waals surface area contributed by atoms with Gasteiger partial charge >= 0.3 is 5.69 Å². The van der Waals surface area contributed by atoms with E-state index in [4.69, 9.17) is 5.73 Å². The molecular formula is C13H11N5O. The van der Waals surface area contributed by atoms with E-state index in [1.54, 1.807) is 0 Å². The lowest BCUT2D eigenvalue weighted by molar-refractivity contribution is 1.01. The van der Waals surface area contributed by atoms with Gasteiger partial charge in [0.1, 0.15) is 5.82 Å². The first-order valence-corrected chi connectivity index (χ1v) is 5.74. The second kappa shape index (κ2) is 4.16. The van der Waals surface area contributed by atoms with Gasteiger partial charge in [-0.05, 0) is 19.1 Å². The van der Waals surface area contributed by atoms with E-state index >= 15 is 0 Å². The first-order valence-electron chi connectivity index (χ1n) is 5.74. The number of fused-ring (bicyclic) bond motifs is 1. The highest BCUT2D eigenvalue weighted by atomic mass is 16.1. The van der Waals surface area contributed by atoms with E-state index in [9.17, 15) is 4.79 Å². The number of aryl methyl sites for hydroxylation is 1. The van der Waals surface area contributed by atoms with Crippen molar-refractivity contribution in [3.05, 3.63) is 46.5 Å². The highest BCUT2D eigenvalue weighted by Gasteiger charge is 2.09. The third-order valence-electron chi connectivity index (χ3n) is 2.77. The fourth-order valence-corrected chi connectivity index (χ4v) is 2.03. The van der Waals surface area contributed by atoms with Gasteiger partial charge in [-0.1, -0.05) is 18.2 Å². The lowest BCUT2D eigenvalue weighted by Crippen LogP contribution is -2.15. The molecule has 0 saturated heterocycles. The van der Waals surface area contributed by atoms with Crippen molar-refractivity contribution in [2.75, 3.05) is 5.73 Å². The molecule has 0 fully saturated rings. The number of H-pyrrole nitrogens is 1. The Morgan fingerprint density at radius 1 is 1.16 bits per heavy atom. The minimum absolute atomic E-state index is 0.0442. The Kier molecular flexibility index (Phi) is 2.49. The van der Waals surface area contributed by atoms with Crippen molar-refractivity contribution in [2.45, 2.75) is 6.92 Å². The minimum Gasteiger partial charge on any atom is -0.368 e. The molecule has 3 rings (SSSR count). The van der Waals surface area contributed by atoms with Gasteiger partial charge in [-0.2, -0.15) is 9.97 Å². The van der Waals surface area contributed by atoms with Crippen LogP contribution in [-0.4, -0.2) is 19.9 Å². The van der Waals surface area contributed by atoms with Crippen LogP contribution in [0.25, 0.3) is 22.3 Å². The molecule has 0 aliphatic carbocycles. The normalized spacial score (nSPS) is 10.8. The molecule has 19 heavy (non-hydrogen) atoms. The molecule has 6 nitrogen and oxygen atoms in total. The summed E-state index contributed by atoms with van der Waals surface area (Å²) in [4.78, 5) is 26.0. The Morgan fingerprint density at radius 2 is 1.95 bits per heavy atom. The van der Waals surface area contributed by atoms with Gasteiger partial charge in [0.25, 0.3) is 0 Å². The molecule has 6 heteroatoms. The number of anilines is 1. The number of rotatable bonds is 1. The van der Waals surface area contributed by atoms with Crippen LogP contribution >= 0.6 is 0 Å². The molecular weight excluding hydrogens is 242 g/mol. The van der Waals surface area contributed by atoms with E-state index in [-0.39, 0.29) is 5.95 Å². The van der Waals surface area contributed by atoms with Gasteiger partial charge in [0.15, 0.2) is 0 Å². The van der Waals surface area contributed by atoms with Crippen LogP contribution in [0.5, 0.6) is 0 Å². The number of benzene rings is 1. The fourth-order valence-electron chi connectivity index (χ4n) is 2.03. The Balaban J connectivity index is 2.38. The molecule has 0 amide bonds. The van der Waals surface area contributed by atoms with Crippen molar-refractivity contribution >= 4 is 16.9 Å². The van der Waals surface area contributed by atoms with Gasteiger partial charge in [-0.15, -0.1) is 0 Å². The van der Waals surface area contributed by atoms with Crippen LogP contribution in [-0.2, 0) is 0 Å². The van der Waals surface area contributed by atoms with Crippen molar-refractivity contribution < 1.29 is 0 Å². The predicted molar refractivity (Wildman–Crippen MR) is 72.5 cm³/mol. The lowest BCUT2D eigenvalue weighted by atomic mass is 10.1. The molecule has 0 radical (unpaired) electrons. The summed E-state index contributed by atoms with van der Waals surface area (Å²) in [5.74, 6) is 0.358. The number of nitrogen functional groups attached to an aromatic ring is 1. The van der Waals surface area contributed by atoms with E-state index in [1.165, 1.54) is 0 Å². The molecule has 0 atom stereocenters. The summed E-state index contributed by atoms with van der Waals surface area (Å²) in [7, 11) is 0. The second-order valence-electron chi connectivity index (χ2n) is 4.19. The third-order valence-corrected chi connectivity index (χ3v) is 2.77. The number of hydrogen-bond acceptors (Lipinski definition) is 5. The van der Waals surface area contributed by atoms with Crippen LogP contribution < -0.4 is 11.4 Å². The summed E-state index contributed by atoms with van der Waals surface area (Å²) in [5.41, 5.74) is 7.48. The van der Waals surface area contributed by atoms with E-state index in [1.807, 2.05) is 37.3 Å². The molecule has 94 valence electrons. The van der Waals surface area contributed by atoms with Gasteiger partial charge < -0.3 is 5.73 Å². The molecule has 0 aliphatic rings. The Labute approximate surface area is 108 Å². The minimum atomic E-state index is -0.513. The SMILES string of the molecule is Cc1cc(-c2nc(N)nc(=O)[nH]2)c2ccccc2n1. The number of para-hydroxylation sites is 1. The van der Waals surface area contributed by atoms with Crippen molar-refractivity contribution in [1.29, 1.82) is 0 Å². The van der Waals surface area contributed by atoms with Gasteiger partial charge in [0.05, 0.1) is 5.52 Å². The Bertz CT molecular complexity index is 825. The number of nitrogens with zero attached hydrogens (tertiary/aromatic N) is 3. The zero-order valence-corrected chi connectivity index (χ0v) is 10.2. The summed E-state index contributed by atoms with van der Waals surface area (Å²) in [6, 6.07) is 9.52. The van der Waals surface area contributed by atoms with Crippen molar-refractivity contribution in [3.8, 4) is 11.4 Å². The van der Waals surface area contributed by atoms with E-state index in [0.29, 0.717) is 5.82 Å². The Hall–Kier alpha value is -2.76. The zero-order chi connectivity index (χ0) is 13.4. The molecule has 0 unspecified atom stereocenters. The molecule has 0 spiro atoms. The standard InChI is InChI=1S/C13H11N5O/c1-7-6-9(8-4-2-3-5-10(8)15-7)11-16-12(14)18-13(19)17-11/h2-6H,1H3,(H3,14,16,17,18,19). The predicted octanol–water partition coefficient (Wildman–Crippen LogP) is 1.27. The Morgan fingerprint density at radius 3 is 2.74 bits per heavy atom. The number of hydrogen-bond donors (Lipinski definition) is 2. The number of nitrogens with one attached hydrogen (secondary N) is 1. The highest BCUT2D eigenvalue weighted by molar-refractivity contribution is 5.92. The molecule has 2 heterocycles. The average Bonchev–Trinajstić information content (AvgIpc) is 2.36. The van der Waals surface area contributed by atoms with Crippen LogP contribution in [0.15, 0.2) is 35.1 Å². The maximum absolute atomic E-state index is 11.4. The van der Waals surface area contributed by atoms with Gasteiger partial charge in [-0.3, -0.25) is 9.97 Å². The first-order chi connectivity index (χ1) is 9.13. The number of pyridine rings is 1. The largest absolute Gasteiger partial charge is 0.368 e. The van der Waals surface area contributed by atoms with Crippen LogP contribution in [0.4, 0.5) is 5.95 Å². The van der Waals surface area contributed by atoms with Crippen LogP contribution in [0.2, 0.25) is 0 Å². The highest BCUT2D eigenvalue weighted by Crippen LogP contribution is 2.25. The van der Waals surface area contributed by atoms with E-state index in [2.05, 4.69) is 19.9 Å². The molecule has 3 aromatic rings. The maximum atomic E-state index is 11.4. The molecule has 3 N–H and O–H groups in total. The second-order valence-corrected chi connectivity index (χ2v) is 4.19. The smallest absolute Gasteiger partial charge is 0.349 e. The van der Waals surface area contributed by atoms with Crippen LogP contribution in [0.3, 0.4) is 0 Å². The number of nitrogens with two attached hydrogens (primary N) is 1. The summed E-state index contributed by atoms with van der Waals surface area (Å²) >= 11 is 0. The summed E-state index contributed by atoms with van der Waals surface area (Å²) in [5, 5.41) is 0.904. The van der Waals surface area contributed by atoms with Gasteiger partial charge in [-0.25, -0.2) is 4.79 Å². The summed E-state index contributed by atoms with van der Waals surface area (Å²) in [6.45, 7) is 1.89. The number of aromatic nitrogens is 4. The summed E-state index contributed by atoms with van der Waals surface area (Å²) < 4.78 is 0. The zero-order valence-electron chi connectivity index (χ0n) is 10.2. The van der Waals surface area contributed by atoms with Crippen molar-refractivity contribution in [1.82, 2.24) is 19.9 Å². The molecule has 2 aromatic heterocycles. The number of aromatic amines is 1. The third kappa shape index (κ3) is 2.03.